The van der Waals surface area contributed by atoms with Crippen molar-refractivity contribution < 1.29 is 0 Å². The molecule has 0 spiro atoms. The first-order valence-corrected chi connectivity index (χ1v) is 17.6. The Morgan fingerprint density at radius 1 is 0.415 bits per heavy atom. The summed E-state index contributed by atoms with van der Waals surface area (Å²) in [5.41, 5.74) is 17.5. The molecule has 7 aromatic carbocycles. The van der Waals surface area contributed by atoms with Crippen LogP contribution in [0, 0.1) is 10.8 Å². The molecule has 53 heavy (non-hydrogen) atoms. The molecule has 1 aliphatic carbocycles. The maximum Gasteiger partial charge on any atom is 0.0867 e. The van der Waals surface area contributed by atoms with Gasteiger partial charge in [0.1, 0.15) is 0 Å². The predicted molar refractivity (Wildman–Crippen MR) is 224 cm³/mol. The van der Waals surface area contributed by atoms with Crippen molar-refractivity contribution in [2.24, 2.45) is 0 Å². The first-order chi connectivity index (χ1) is 26.0. The Morgan fingerprint density at radius 3 is 1.49 bits per heavy atom. The summed E-state index contributed by atoms with van der Waals surface area (Å²) >= 11 is 0. The Balaban J connectivity index is 0.000000259. The Labute approximate surface area is 309 Å². The van der Waals surface area contributed by atoms with E-state index in [0.717, 1.165) is 50.2 Å². The van der Waals surface area contributed by atoms with Crippen LogP contribution in [0.1, 0.15) is 11.1 Å². The molecule has 0 bridgehead atoms. The van der Waals surface area contributed by atoms with Crippen molar-refractivity contribution in [2.45, 2.75) is 0 Å². The van der Waals surface area contributed by atoms with Gasteiger partial charge in [0.05, 0.1) is 11.4 Å². The molecule has 0 saturated carbocycles. The third-order valence-corrected chi connectivity index (χ3v) is 9.66. The Hall–Kier alpha value is -7.17. The summed E-state index contributed by atoms with van der Waals surface area (Å²) in [6.07, 6.45) is 7.44. The summed E-state index contributed by atoms with van der Waals surface area (Å²) in [5.74, 6) is 0. The van der Waals surface area contributed by atoms with Crippen molar-refractivity contribution in [1.29, 1.82) is 10.8 Å². The average Bonchev–Trinajstić information content (AvgIpc) is 3.22. The van der Waals surface area contributed by atoms with Gasteiger partial charge in [0.25, 0.3) is 0 Å². The van der Waals surface area contributed by atoms with Crippen molar-refractivity contribution in [3.8, 4) is 33.4 Å². The number of pyridine rings is 1. The average molecular weight is 681 g/mol. The van der Waals surface area contributed by atoms with Crippen molar-refractivity contribution in [1.82, 2.24) is 4.98 Å². The number of hydrogen-bond acceptors (Lipinski definition) is 4. The fourth-order valence-corrected chi connectivity index (χ4v) is 6.87. The normalized spacial score (nSPS) is 12.5. The molecular weight excluding hydrogens is 645 g/mol. The van der Waals surface area contributed by atoms with Crippen molar-refractivity contribution in [3.05, 3.63) is 206 Å². The van der Waals surface area contributed by atoms with Gasteiger partial charge in [-0.1, -0.05) is 152 Å². The lowest BCUT2D eigenvalue weighted by Gasteiger charge is -2.17. The molecular formula is C49H36N4. The van der Waals surface area contributed by atoms with E-state index in [-0.39, 0.29) is 11.4 Å². The van der Waals surface area contributed by atoms with E-state index in [2.05, 4.69) is 138 Å². The number of nitrogens with two attached hydrogens (primary N) is 1. The monoisotopic (exact) mass is 680 g/mol. The highest BCUT2D eigenvalue weighted by molar-refractivity contribution is 6.61. The molecule has 9 rings (SSSR count). The summed E-state index contributed by atoms with van der Waals surface area (Å²) in [5, 5.41) is 22.1. The zero-order chi connectivity index (χ0) is 36.1. The molecule has 0 unspecified atom stereocenters. The molecule has 0 aliphatic heterocycles. The summed E-state index contributed by atoms with van der Waals surface area (Å²) in [4.78, 5) is 4.05. The van der Waals surface area contributed by atoms with E-state index in [1.54, 1.807) is 12.3 Å². The lowest BCUT2D eigenvalue weighted by Crippen LogP contribution is -2.15. The highest BCUT2D eigenvalue weighted by Gasteiger charge is 2.19. The Morgan fingerprint density at radius 2 is 0.925 bits per heavy atom. The Bertz CT molecular complexity index is 2660. The zero-order valence-electron chi connectivity index (χ0n) is 29.0. The van der Waals surface area contributed by atoms with Crippen LogP contribution in [0.4, 0.5) is 5.69 Å². The van der Waals surface area contributed by atoms with Gasteiger partial charge >= 0.3 is 0 Å². The number of hydrogen-bond donors (Lipinski definition) is 3. The second kappa shape index (κ2) is 14.6. The molecule has 4 nitrogen and oxygen atoms in total. The van der Waals surface area contributed by atoms with Gasteiger partial charge in [-0.3, -0.25) is 15.8 Å². The van der Waals surface area contributed by atoms with Crippen LogP contribution in [-0.4, -0.2) is 16.4 Å². The standard InChI is InChI=1S/C38H26N2.C11H10N2/c39-37-24-31(25-15-17-28(18-16-25)34-13-5-9-26-7-1-3-11-32(26)34)23-36(38(37)40)30-21-19-29(20-22-30)35-14-6-10-27-8-2-4-12-33(27)35;12-11-5-3-9(4-6-11)10-2-1-7-13-8-10/h1-24,39-40H;1-8H,12H2. The number of fused-ring (bicyclic) bond motifs is 2. The molecule has 0 atom stereocenters. The number of anilines is 1. The van der Waals surface area contributed by atoms with Gasteiger partial charge in [-0.15, -0.1) is 0 Å². The first kappa shape index (κ1) is 33.0. The predicted octanol–water partition coefficient (Wildman–Crippen LogP) is 12.2. The van der Waals surface area contributed by atoms with Gasteiger partial charge in [-0.05, 0) is 102 Å². The number of nitrogens with zero attached hydrogens (tertiary/aromatic N) is 1. The van der Waals surface area contributed by atoms with Gasteiger partial charge in [0, 0.05) is 23.7 Å². The minimum atomic E-state index is 0.226. The number of nitrogen functional groups attached to an aromatic ring is 1. The largest absolute Gasteiger partial charge is 0.399 e. The molecule has 0 amide bonds. The van der Waals surface area contributed by atoms with Crippen LogP contribution in [-0.2, 0) is 0 Å². The number of aromatic nitrogens is 1. The first-order valence-electron chi connectivity index (χ1n) is 17.6. The molecule has 4 N–H and O–H groups in total. The fraction of sp³-hybridized carbons (Fsp3) is 0. The van der Waals surface area contributed by atoms with Crippen LogP contribution < -0.4 is 5.73 Å². The van der Waals surface area contributed by atoms with E-state index in [4.69, 9.17) is 16.6 Å². The van der Waals surface area contributed by atoms with E-state index < -0.39 is 0 Å². The highest BCUT2D eigenvalue weighted by atomic mass is 14.6. The number of nitrogens with one attached hydrogen (secondary N) is 2. The summed E-state index contributed by atoms with van der Waals surface area (Å²) in [6.45, 7) is 0. The molecule has 0 saturated heterocycles. The fourth-order valence-electron chi connectivity index (χ4n) is 6.87. The molecule has 8 aromatic rings. The molecule has 4 heteroatoms. The summed E-state index contributed by atoms with van der Waals surface area (Å²) in [6, 6.07) is 58.3. The third kappa shape index (κ3) is 6.94. The van der Waals surface area contributed by atoms with Crippen LogP contribution in [0.3, 0.4) is 0 Å². The smallest absolute Gasteiger partial charge is 0.0867 e. The van der Waals surface area contributed by atoms with Crippen molar-refractivity contribution in [3.63, 3.8) is 0 Å². The van der Waals surface area contributed by atoms with E-state index in [1.165, 1.54) is 32.7 Å². The van der Waals surface area contributed by atoms with Crippen LogP contribution in [0.15, 0.2) is 194 Å². The number of benzene rings is 7. The number of rotatable bonds is 5. The summed E-state index contributed by atoms with van der Waals surface area (Å²) in [7, 11) is 0. The van der Waals surface area contributed by atoms with Crippen LogP contribution in [0.5, 0.6) is 0 Å². The van der Waals surface area contributed by atoms with E-state index in [0.29, 0.717) is 0 Å². The quantitative estimate of drug-likeness (QED) is 0.125. The molecule has 0 radical (unpaired) electrons. The molecule has 0 fully saturated rings. The van der Waals surface area contributed by atoms with Crippen molar-refractivity contribution >= 4 is 49.8 Å². The SMILES string of the molecule is N=C1C=C(c2ccc(-c3cccc4ccccc34)cc2)C=C(c2ccc(-c3cccc4ccccc34)cc2)C1=N.Nc1ccc(-c2cccnc2)cc1. The topological polar surface area (TPSA) is 86.6 Å². The highest BCUT2D eigenvalue weighted by Crippen LogP contribution is 2.34. The number of allylic oxidation sites excluding steroid dienone is 4. The van der Waals surface area contributed by atoms with Crippen molar-refractivity contribution in [2.75, 3.05) is 5.73 Å². The maximum absolute atomic E-state index is 8.65. The van der Waals surface area contributed by atoms with E-state index in [9.17, 15) is 0 Å². The second-order valence-electron chi connectivity index (χ2n) is 13.0. The third-order valence-electron chi connectivity index (χ3n) is 9.66. The summed E-state index contributed by atoms with van der Waals surface area (Å²) < 4.78 is 0. The minimum Gasteiger partial charge on any atom is -0.399 e. The lowest BCUT2D eigenvalue weighted by atomic mass is 9.87. The van der Waals surface area contributed by atoms with E-state index >= 15 is 0 Å². The van der Waals surface area contributed by atoms with Gasteiger partial charge in [-0.2, -0.15) is 0 Å². The van der Waals surface area contributed by atoms with Crippen LogP contribution >= 0.6 is 0 Å². The molecule has 252 valence electrons. The molecule has 1 aromatic heterocycles. The van der Waals surface area contributed by atoms with Gasteiger partial charge in [0.2, 0.25) is 0 Å². The lowest BCUT2D eigenvalue weighted by molar-refractivity contribution is 1.33. The Kier molecular flexibility index (Phi) is 9.08. The van der Waals surface area contributed by atoms with Gasteiger partial charge in [-0.25, -0.2) is 0 Å². The molecule has 1 heterocycles. The van der Waals surface area contributed by atoms with Crippen LogP contribution in [0.25, 0.3) is 66.1 Å². The van der Waals surface area contributed by atoms with Crippen LogP contribution in [0.2, 0.25) is 0 Å². The maximum atomic E-state index is 8.65. The minimum absolute atomic E-state index is 0.226. The van der Waals surface area contributed by atoms with E-state index in [1.807, 2.05) is 48.7 Å². The zero-order valence-corrected chi connectivity index (χ0v) is 29.0. The second-order valence-corrected chi connectivity index (χ2v) is 13.0. The molecule has 1 aliphatic rings. The van der Waals surface area contributed by atoms with Gasteiger partial charge in [0.15, 0.2) is 0 Å². The van der Waals surface area contributed by atoms with Gasteiger partial charge < -0.3 is 5.73 Å².